The van der Waals surface area contributed by atoms with Crippen LogP contribution in [0.25, 0.3) is 10.9 Å². The molecule has 1 aromatic heterocycles. The van der Waals surface area contributed by atoms with Crippen LogP contribution in [-0.2, 0) is 11.0 Å². The van der Waals surface area contributed by atoms with Gasteiger partial charge in [0.05, 0.1) is 17.0 Å². The normalized spacial score (nSPS) is 13.6. The first-order chi connectivity index (χ1) is 13.8. The molecule has 0 bridgehead atoms. The first-order valence-electron chi connectivity index (χ1n) is 8.38. The van der Waals surface area contributed by atoms with Gasteiger partial charge in [-0.3, -0.25) is 9.59 Å². The van der Waals surface area contributed by atoms with Crippen molar-refractivity contribution in [1.82, 2.24) is 9.97 Å². The molecule has 2 heterocycles. The zero-order valence-corrected chi connectivity index (χ0v) is 15.4. The molecule has 10 heteroatoms. The van der Waals surface area contributed by atoms with Crippen LogP contribution in [0.4, 0.5) is 18.9 Å². The fourth-order valence-electron chi connectivity index (χ4n) is 2.76. The summed E-state index contributed by atoms with van der Waals surface area (Å²) in [6.45, 7) is -0.0987. The minimum absolute atomic E-state index is 0.0749. The van der Waals surface area contributed by atoms with Gasteiger partial charge in [-0.1, -0.05) is 30.0 Å². The number of carbonyl (C=O) groups excluding carboxylic acids is 2. The number of hydrogen-bond donors (Lipinski definition) is 1. The molecule has 0 unspecified atom stereocenters. The Morgan fingerprint density at radius 2 is 1.97 bits per heavy atom. The number of halogens is 3. The summed E-state index contributed by atoms with van der Waals surface area (Å²) >= 11 is 0.902. The van der Waals surface area contributed by atoms with Crippen molar-refractivity contribution in [3.05, 3.63) is 53.9 Å². The van der Waals surface area contributed by atoms with Gasteiger partial charge in [0.25, 0.3) is 5.91 Å². The number of ether oxygens (including phenoxy) is 1. The van der Waals surface area contributed by atoms with Gasteiger partial charge >= 0.3 is 6.18 Å². The summed E-state index contributed by atoms with van der Waals surface area (Å²) in [5.41, 5.74) is 0.832. The van der Waals surface area contributed by atoms with Gasteiger partial charge in [0.1, 0.15) is 10.8 Å². The first kappa shape index (κ1) is 19.2. The average molecular weight is 419 g/mol. The number of nitrogens with one attached hydrogen (secondary N) is 1. The van der Waals surface area contributed by atoms with Gasteiger partial charge in [-0.2, -0.15) is 13.2 Å². The van der Waals surface area contributed by atoms with Crippen molar-refractivity contribution in [2.75, 3.05) is 17.7 Å². The van der Waals surface area contributed by atoms with E-state index in [0.29, 0.717) is 22.4 Å². The number of Topliss-reactive ketones (excluding diaryl/α,β-unsaturated/α-hetero) is 1. The number of fused-ring (bicyclic) bond motifs is 2. The second-order valence-corrected chi connectivity index (χ2v) is 7.09. The van der Waals surface area contributed by atoms with Crippen LogP contribution >= 0.6 is 11.8 Å². The number of thioether (sulfide) groups is 1. The highest BCUT2D eigenvalue weighted by molar-refractivity contribution is 8.00. The van der Waals surface area contributed by atoms with Crippen LogP contribution in [0.1, 0.15) is 16.2 Å². The fraction of sp³-hybridized carbons (Fsp3) is 0.158. The molecule has 1 amide bonds. The number of amides is 1. The smallest absolute Gasteiger partial charge is 0.451 e. The molecule has 0 saturated heterocycles. The van der Waals surface area contributed by atoms with Crippen LogP contribution in [0.5, 0.6) is 5.75 Å². The Bertz CT molecular complexity index is 1130. The predicted molar refractivity (Wildman–Crippen MR) is 100 cm³/mol. The number of anilines is 1. The van der Waals surface area contributed by atoms with E-state index in [2.05, 4.69) is 15.3 Å². The second kappa shape index (κ2) is 7.36. The summed E-state index contributed by atoms with van der Waals surface area (Å²) in [6, 6.07) is 10.9. The molecule has 0 atom stereocenters. The lowest BCUT2D eigenvalue weighted by Gasteiger charge is -2.18. The third kappa shape index (κ3) is 4.02. The molecular weight excluding hydrogens is 407 g/mol. The van der Waals surface area contributed by atoms with E-state index in [9.17, 15) is 22.8 Å². The predicted octanol–water partition coefficient (Wildman–Crippen LogP) is 3.95. The van der Waals surface area contributed by atoms with Crippen molar-refractivity contribution in [2.45, 2.75) is 11.2 Å². The second-order valence-electron chi connectivity index (χ2n) is 6.13. The summed E-state index contributed by atoms with van der Waals surface area (Å²) in [7, 11) is 0. The number of ketones is 1. The zero-order valence-electron chi connectivity index (χ0n) is 14.6. The van der Waals surface area contributed by atoms with E-state index in [-0.39, 0.29) is 34.6 Å². The molecule has 1 N–H and O–H groups in total. The monoisotopic (exact) mass is 419 g/mol. The molecule has 2 aromatic carbocycles. The van der Waals surface area contributed by atoms with Crippen LogP contribution in [0.3, 0.4) is 0 Å². The summed E-state index contributed by atoms with van der Waals surface area (Å²) in [5.74, 6) is -1.59. The molecule has 6 nitrogen and oxygen atoms in total. The van der Waals surface area contributed by atoms with Crippen molar-refractivity contribution in [3.8, 4) is 5.75 Å². The highest BCUT2D eigenvalue weighted by atomic mass is 32.2. The van der Waals surface area contributed by atoms with Gasteiger partial charge in [-0.15, -0.1) is 0 Å². The van der Waals surface area contributed by atoms with Crippen molar-refractivity contribution >= 4 is 40.0 Å². The van der Waals surface area contributed by atoms with Crippen LogP contribution in [0.15, 0.2) is 47.5 Å². The summed E-state index contributed by atoms with van der Waals surface area (Å²) in [5, 5.41) is 3.12. The highest BCUT2D eigenvalue weighted by Crippen LogP contribution is 2.33. The largest absolute Gasteiger partial charge is 0.482 e. The van der Waals surface area contributed by atoms with Gasteiger partial charge in [0.2, 0.25) is 5.82 Å². The average Bonchev–Trinajstić information content (AvgIpc) is 2.70. The van der Waals surface area contributed by atoms with E-state index in [1.165, 1.54) is 12.1 Å². The molecule has 0 spiro atoms. The lowest BCUT2D eigenvalue weighted by Crippen LogP contribution is -2.25. The number of nitrogens with zero attached hydrogens (tertiary/aromatic N) is 2. The number of para-hydroxylation sites is 1. The molecule has 3 aromatic rings. The maximum atomic E-state index is 13.1. The summed E-state index contributed by atoms with van der Waals surface area (Å²) in [6.07, 6.45) is -4.69. The van der Waals surface area contributed by atoms with Gasteiger partial charge in [0, 0.05) is 10.9 Å². The van der Waals surface area contributed by atoms with Gasteiger partial charge in [0.15, 0.2) is 12.4 Å². The minimum atomic E-state index is -4.69. The van der Waals surface area contributed by atoms with E-state index in [1.54, 1.807) is 30.3 Å². The quantitative estimate of drug-likeness (QED) is 0.392. The lowest BCUT2D eigenvalue weighted by atomic mass is 10.1. The van der Waals surface area contributed by atoms with Crippen molar-refractivity contribution in [1.29, 1.82) is 0 Å². The molecule has 0 radical (unpaired) electrons. The molecule has 0 saturated carbocycles. The Hall–Kier alpha value is -3.14. The van der Waals surface area contributed by atoms with E-state index in [4.69, 9.17) is 4.74 Å². The zero-order chi connectivity index (χ0) is 20.6. The molecule has 0 fully saturated rings. The molecule has 29 heavy (non-hydrogen) atoms. The Morgan fingerprint density at radius 1 is 1.17 bits per heavy atom. The van der Waals surface area contributed by atoms with Crippen LogP contribution in [0.2, 0.25) is 0 Å². The standard InChI is InChI=1S/C19H12F3N3O3S/c20-19(21,22)18-24-12-4-2-1-3-11(12)17(25-18)29-9-14(26)10-5-6-15-13(7-10)23-16(27)8-28-15/h1-7H,8-9H2,(H,23,27). The maximum Gasteiger partial charge on any atom is 0.451 e. The summed E-state index contributed by atoms with van der Waals surface area (Å²) < 4.78 is 44.6. The Labute approximate surface area is 166 Å². The molecule has 148 valence electrons. The SMILES string of the molecule is O=C1COc2ccc(C(=O)CSc3nc(C(F)(F)F)nc4ccccc34)cc2N1. The molecule has 1 aliphatic heterocycles. The van der Waals surface area contributed by atoms with Gasteiger partial charge in [-0.05, 0) is 24.3 Å². The topological polar surface area (TPSA) is 81.2 Å². The van der Waals surface area contributed by atoms with E-state index >= 15 is 0 Å². The van der Waals surface area contributed by atoms with Crippen molar-refractivity contribution in [3.63, 3.8) is 0 Å². The Kier molecular flexibility index (Phi) is 4.87. The van der Waals surface area contributed by atoms with Crippen molar-refractivity contribution < 1.29 is 27.5 Å². The highest BCUT2D eigenvalue weighted by Gasteiger charge is 2.35. The molecule has 4 rings (SSSR count). The molecule has 0 aliphatic carbocycles. The third-order valence-corrected chi connectivity index (χ3v) is 5.09. The van der Waals surface area contributed by atoms with Gasteiger partial charge in [-0.25, -0.2) is 9.97 Å². The first-order valence-corrected chi connectivity index (χ1v) is 9.36. The third-order valence-electron chi connectivity index (χ3n) is 4.10. The summed E-state index contributed by atoms with van der Waals surface area (Å²) in [4.78, 5) is 31.2. The Balaban J connectivity index is 1.59. The molecular formula is C19H12F3N3O3S. The van der Waals surface area contributed by atoms with Gasteiger partial charge < -0.3 is 10.1 Å². The number of rotatable bonds is 4. The lowest BCUT2D eigenvalue weighted by molar-refractivity contribution is -0.145. The minimum Gasteiger partial charge on any atom is -0.482 e. The number of alkyl halides is 3. The fourth-order valence-corrected chi connectivity index (χ4v) is 3.67. The maximum absolute atomic E-state index is 13.1. The van der Waals surface area contributed by atoms with E-state index < -0.39 is 12.0 Å². The number of carbonyl (C=O) groups is 2. The van der Waals surface area contributed by atoms with E-state index in [1.807, 2.05) is 0 Å². The van der Waals surface area contributed by atoms with E-state index in [0.717, 1.165) is 11.8 Å². The van der Waals surface area contributed by atoms with Crippen LogP contribution < -0.4 is 10.1 Å². The van der Waals surface area contributed by atoms with Crippen LogP contribution in [0, 0.1) is 0 Å². The number of hydrogen-bond acceptors (Lipinski definition) is 6. The van der Waals surface area contributed by atoms with Crippen LogP contribution in [-0.4, -0.2) is 34.0 Å². The number of benzene rings is 2. The van der Waals surface area contributed by atoms with Crippen molar-refractivity contribution in [2.24, 2.45) is 0 Å². The molecule has 1 aliphatic rings. The Morgan fingerprint density at radius 3 is 2.76 bits per heavy atom. The number of aromatic nitrogens is 2.